The fraction of sp³-hybridized carbons (Fsp3) is 0.625. The number of sulfonamides is 1. The molecule has 2 rings (SSSR count). The summed E-state index contributed by atoms with van der Waals surface area (Å²) in [6.07, 6.45) is 5.36. The SMILES string of the molecule is CN(C)C1(CNS(=O)(=O)Cc2cc(F)ccc2Cl)CCCCC1. The van der Waals surface area contributed by atoms with Crippen molar-refractivity contribution in [1.29, 1.82) is 0 Å². The first kappa shape index (κ1) is 18.6. The molecule has 1 aromatic rings. The zero-order chi connectivity index (χ0) is 17.1. The number of rotatable bonds is 6. The minimum absolute atomic E-state index is 0.142. The Morgan fingerprint density at radius 1 is 1.26 bits per heavy atom. The van der Waals surface area contributed by atoms with Crippen LogP contribution in [0.3, 0.4) is 0 Å². The third kappa shape index (κ3) is 4.89. The van der Waals surface area contributed by atoms with Crippen molar-refractivity contribution >= 4 is 21.6 Å². The van der Waals surface area contributed by atoms with Crippen LogP contribution in [0.25, 0.3) is 0 Å². The molecule has 0 atom stereocenters. The van der Waals surface area contributed by atoms with Crippen LogP contribution in [0.4, 0.5) is 4.39 Å². The van der Waals surface area contributed by atoms with Gasteiger partial charge in [-0.3, -0.25) is 0 Å². The fourth-order valence-electron chi connectivity index (χ4n) is 3.15. The van der Waals surface area contributed by atoms with E-state index in [1.807, 2.05) is 14.1 Å². The highest BCUT2D eigenvalue weighted by molar-refractivity contribution is 7.88. The lowest BCUT2D eigenvalue weighted by Gasteiger charge is -2.43. The van der Waals surface area contributed by atoms with Crippen LogP contribution in [0.1, 0.15) is 37.7 Å². The molecule has 1 aromatic carbocycles. The number of halogens is 2. The molecule has 7 heteroatoms. The Kier molecular flexibility index (Phi) is 6.05. The Balaban J connectivity index is 2.07. The molecular formula is C16H24ClFN2O2S. The van der Waals surface area contributed by atoms with Gasteiger partial charge in [-0.2, -0.15) is 0 Å². The second-order valence-electron chi connectivity index (χ2n) is 6.50. The van der Waals surface area contributed by atoms with Gasteiger partial charge in [0.2, 0.25) is 10.0 Å². The molecule has 0 unspecified atom stereocenters. The van der Waals surface area contributed by atoms with Crippen molar-refractivity contribution in [2.45, 2.75) is 43.4 Å². The number of nitrogens with one attached hydrogen (secondary N) is 1. The van der Waals surface area contributed by atoms with Gasteiger partial charge in [0.1, 0.15) is 5.82 Å². The highest BCUT2D eigenvalue weighted by Gasteiger charge is 2.35. The van der Waals surface area contributed by atoms with Gasteiger partial charge >= 0.3 is 0 Å². The van der Waals surface area contributed by atoms with Crippen molar-refractivity contribution in [1.82, 2.24) is 9.62 Å². The van der Waals surface area contributed by atoms with Gasteiger partial charge in [0.05, 0.1) is 5.75 Å². The molecule has 0 saturated heterocycles. The van der Waals surface area contributed by atoms with E-state index in [0.717, 1.165) is 25.7 Å². The third-order valence-corrected chi connectivity index (χ3v) is 6.35. The topological polar surface area (TPSA) is 49.4 Å². The third-order valence-electron chi connectivity index (χ3n) is 4.71. The molecule has 1 fully saturated rings. The first-order valence-corrected chi connectivity index (χ1v) is 9.86. The van der Waals surface area contributed by atoms with Crippen LogP contribution in [-0.4, -0.2) is 39.5 Å². The predicted octanol–water partition coefficient (Wildman–Crippen LogP) is 3.16. The summed E-state index contributed by atoms with van der Waals surface area (Å²) in [5.41, 5.74) is 0.138. The van der Waals surface area contributed by atoms with Crippen LogP contribution in [-0.2, 0) is 15.8 Å². The van der Waals surface area contributed by atoms with Gasteiger partial charge in [-0.25, -0.2) is 17.5 Å². The molecular weight excluding hydrogens is 339 g/mol. The van der Waals surface area contributed by atoms with Crippen molar-refractivity contribution in [2.75, 3.05) is 20.6 Å². The summed E-state index contributed by atoms with van der Waals surface area (Å²) in [5, 5.41) is 0.261. The fourth-order valence-corrected chi connectivity index (χ4v) is 4.65. The smallest absolute Gasteiger partial charge is 0.215 e. The molecule has 1 aliphatic carbocycles. The lowest BCUT2D eigenvalue weighted by atomic mass is 9.81. The predicted molar refractivity (Wildman–Crippen MR) is 91.5 cm³/mol. The second-order valence-corrected chi connectivity index (χ2v) is 8.71. The Morgan fingerprint density at radius 2 is 1.91 bits per heavy atom. The van der Waals surface area contributed by atoms with Gasteiger partial charge in [-0.05, 0) is 50.7 Å². The van der Waals surface area contributed by atoms with Crippen LogP contribution < -0.4 is 4.72 Å². The van der Waals surface area contributed by atoms with Crippen LogP contribution in [0.15, 0.2) is 18.2 Å². The Bertz CT molecular complexity index is 643. The van der Waals surface area contributed by atoms with Crippen LogP contribution in [0.2, 0.25) is 5.02 Å². The molecule has 0 spiro atoms. The standard InChI is InChI=1S/C16H24ClFN2O2S/c1-20(2)16(8-4-3-5-9-16)12-19-23(21,22)11-13-10-14(18)6-7-15(13)17/h6-7,10,19H,3-5,8-9,11-12H2,1-2H3. The summed E-state index contributed by atoms with van der Waals surface area (Å²) in [6, 6.07) is 3.77. The molecule has 23 heavy (non-hydrogen) atoms. The highest BCUT2D eigenvalue weighted by atomic mass is 35.5. The van der Waals surface area contributed by atoms with Gasteiger partial charge in [0.15, 0.2) is 0 Å². The van der Waals surface area contributed by atoms with E-state index in [1.165, 1.54) is 24.6 Å². The molecule has 1 saturated carbocycles. The average Bonchev–Trinajstić information content (AvgIpc) is 2.50. The number of nitrogens with zero attached hydrogens (tertiary/aromatic N) is 1. The van der Waals surface area contributed by atoms with Gasteiger partial charge < -0.3 is 4.90 Å². The maximum atomic E-state index is 13.3. The summed E-state index contributed by atoms with van der Waals surface area (Å²) in [6.45, 7) is 0.370. The largest absolute Gasteiger partial charge is 0.302 e. The van der Waals surface area contributed by atoms with Crippen molar-refractivity contribution in [3.63, 3.8) is 0 Å². The quantitative estimate of drug-likeness (QED) is 0.845. The monoisotopic (exact) mass is 362 g/mol. The van der Waals surface area contributed by atoms with E-state index < -0.39 is 15.8 Å². The average molecular weight is 363 g/mol. The molecule has 0 aliphatic heterocycles. The van der Waals surface area contributed by atoms with Crippen LogP contribution in [0.5, 0.6) is 0 Å². The second kappa shape index (κ2) is 7.47. The van der Waals surface area contributed by atoms with Crippen molar-refractivity contribution < 1.29 is 12.8 Å². The number of benzene rings is 1. The van der Waals surface area contributed by atoms with E-state index in [-0.39, 0.29) is 21.9 Å². The molecule has 0 bridgehead atoms. The number of hydrogen-bond acceptors (Lipinski definition) is 3. The summed E-state index contributed by atoms with van der Waals surface area (Å²) in [4.78, 5) is 2.11. The molecule has 1 aliphatic rings. The van der Waals surface area contributed by atoms with Gasteiger partial charge in [-0.1, -0.05) is 30.9 Å². The van der Waals surface area contributed by atoms with Gasteiger partial charge in [0.25, 0.3) is 0 Å². The first-order chi connectivity index (χ1) is 10.7. The maximum Gasteiger partial charge on any atom is 0.215 e. The van der Waals surface area contributed by atoms with E-state index in [2.05, 4.69) is 9.62 Å². The Morgan fingerprint density at radius 3 is 2.52 bits per heavy atom. The minimum Gasteiger partial charge on any atom is -0.302 e. The molecule has 0 amide bonds. The molecule has 0 aromatic heterocycles. The zero-order valence-corrected chi connectivity index (χ0v) is 15.2. The van der Waals surface area contributed by atoms with Crippen molar-refractivity contribution in [3.05, 3.63) is 34.6 Å². The van der Waals surface area contributed by atoms with E-state index in [1.54, 1.807) is 0 Å². The number of likely N-dealkylation sites (N-methyl/N-ethyl adjacent to an activating group) is 1. The van der Waals surface area contributed by atoms with Gasteiger partial charge in [-0.15, -0.1) is 0 Å². The van der Waals surface area contributed by atoms with Gasteiger partial charge in [0, 0.05) is 17.1 Å². The first-order valence-electron chi connectivity index (χ1n) is 7.83. The lowest BCUT2D eigenvalue weighted by molar-refractivity contribution is 0.105. The summed E-state index contributed by atoms with van der Waals surface area (Å²) < 4.78 is 40.7. The molecule has 1 N–H and O–H groups in total. The number of hydrogen-bond donors (Lipinski definition) is 1. The molecule has 0 heterocycles. The van der Waals surface area contributed by atoms with Crippen LogP contribution in [0, 0.1) is 5.82 Å². The maximum absolute atomic E-state index is 13.3. The molecule has 130 valence electrons. The van der Waals surface area contributed by atoms with E-state index in [4.69, 9.17) is 11.6 Å². The summed E-state index contributed by atoms with van der Waals surface area (Å²) >= 11 is 5.96. The normalized spacial score (nSPS) is 18.3. The van der Waals surface area contributed by atoms with E-state index in [9.17, 15) is 12.8 Å². The zero-order valence-electron chi connectivity index (χ0n) is 13.6. The van der Waals surface area contributed by atoms with Crippen molar-refractivity contribution in [3.8, 4) is 0 Å². The van der Waals surface area contributed by atoms with Crippen LogP contribution >= 0.6 is 11.6 Å². The minimum atomic E-state index is -3.57. The van der Waals surface area contributed by atoms with E-state index in [0.29, 0.717) is 6.54 Å². The Hall–Kier alpha value is -0.690. The van der Waals surface area contributed by atoms with E-state index >= 15 is 0 Å². The lowest BCUT2D eigenvalue weighted by Crippen LogP contribution is -2.53. The summed E-state index contributed by atoms with van der Waals surface area (Å²) in [7, 11) is 0.406. The molecule has 0 radical (unpaired) electrons. The summed E-state index contributed by atoms with van der Waals surface area (Å²) in [5.74, 6) is -0.802. The van der Waals surface area contributed by atoms with Crippen molar-refractivity contribution in [2.24, 2.45) is 0 Å². The molecule has 4 nitrogen and oxygen atoms in total. The Labute approximate surface area is 143 Å². The highest BCUT2D eigenvalue weighted by Crippen LogP contribution is 2.32.